The first-order valence-electron chi connectivity index (χ1n) is 7.45. The predicted molar refractivity (Wildman–Crippen MR) is 81.4 cm³/mol. The topological polar surface area (TPSA) is 54.5 Å². The van der Waals surface area contributed by atoms with Crippen LogP contribution in [0.4, 0.5) is 5.69 Å². The van der Waals surface area contributed by atoms with Crippen LogP contribution < -0.4 is 4.90 Å². The fraction of sp³-hybridized carbons (Fsp3) is 0.471. The minimum absolute atomic E-state index is 0.110. The van der Waals surface area contributed by atoms with Crippen molar-refractivity contribution in [2.75, 3.05) is 4.90 Å². The van der Waals surface area contributed by atoms with Crippen molar-refractivity contribution in [2.45, 2.75) is 26.7 Å². The molecular weight excluding hydrogens is 302 g/mol. The monoisotopic (exact) mass is 317 g/mol. The molecule has 114 valence electrons. The number of ketones is 1. The number of carbonyl (C=O) groups excluding carboxylic acids is 3. The van der Waals surface area contributed by atoms with E-state index in [1.165, 1.54) is 4.90 Å². The molecule has 3 aliphatic rings. The van der Waals surface area contributed by atoms with E-state index < -0.39 is 22.7 Å². The van der Waals surface area contributed by atoms with Crippen molar-refractivity contribution < 1.29 is 14.4 Å². The van der Waals surface area contributed by atoms with Crippen LogP contribution in [0.5, 0.6) is 0 Å². The van der Waals surface area contributed by atoms with Crippen molar-refractivity contribution in [3.05, 3.63) is 29.3 Å². The molecule has 0 aromatic heterocycles. The Labute approximate surface area is 133 Å². The zero-order valence-corrected chi connectivity index (χ0v) is 13.2. The lowest BCUT2D eigenvalue weighted by Gasteiger charge is -2.30. The summed E-state index contributed by atoms with van der Waals surface area (Å²) in [5.74, 6) is -1.32. The summed E-state index contributed by atoms with van der Waals surface area (Å²) < 4.78 is 0. The Morgan fingerprint density at radius 2 is 1.73 bits per heavy atom. The third-order valence-electron chi connectivity index (χ3n) is 5.81. The van der Waals surface area contributed by atoms with Gasteiger partial charge in [-0.2, -0.15) is 0 Å². The molecule has 1 aliphatic heterocycles. The highest BCUT2D eigenvalue weighted by Gasteiger charge is 2.74. The average molecular weight is 318 g/mol. The number of para-hydroxylation sites is 1. The van der Waals surface area contributed by atoms with Crippen LogP contribution in [-0.4, -0.2) is 17.6 Å². The first-order chi connectivity index (χ1) is 10.3. The lowest BCUT2D eigenvalue weighted by Crippen LogP contribution is -2.40. The zero-order chi connectivity index (χ0) is 15.9. The second kappa shape index (κ2) is 3.99. The number of amides is 2. The van der Waals surface area contributed by atoms with E-state index >= 15 is 0 Å². The summed E-state index contributed by atoms with van der Waals surface area (Å²) in [6, 6.07) is 6.84. The van der Waals surface area contributed by atoms with Crippen molar-refractivity contribution in [2.24, 2.45) is 22.7 Å². The van der Waals surface area contributed by atoms with Gasteiger partial charge in [-0.3, -0.25) is 14.4 Å². The number of nitrogens with zero attached hydrogens (tertiary/aromatic N) is 1. The van der Waals surface area contributed by atoms with Crippen molar-refractivity contribution in [3.8, 4) is 0 Å². The van der Waals surface area contributed by atoms with Crippen molar-refractivity contribution in [3.63, 3.8) is 0 Å². The van der Waals surface area contributed by atoms with Gasteiger partial charge in [-0.25, -0.2) is 4.90 Å². The predicted octanol–water partition coefficient (Wildman–Crippen LogP) is 2.83. The van der Waals surface area contributed by atoms with Crippen LogP contribution in [0.1, 0.15) is 26.7 Å². The highest BCUT2D eigenvalue weighted by atomic mass is 35.5. The van der Waals surface area contributed by atoms with E-state index in [2.05, 4.69) is 0 Å². The van der Waals surface area contributed by atoms with Gasteiger partial charge in [0, 0.05) is 11.8 Å². The summed E-state index contributed by atoms with van der Waals surface area (Å²) in [5, 5.41) is 0.373. The molecule has 3 fully saturated rings. The van der Waals surface area contributed by atoms with E-state index in [1.54, 1.807) is 24.3 Å². The molecule has 4 atom stereocenters. The number of halogens is 1. The molecule has 0 radical (unpaired) electrons. The normalized spacial score (nSPS) is 39.8. The van der Waals surface area contributed by atoms with Gasteiger partial charge in [-0.1, -0.05) is 37.6 Å². The molecule has 0 unspecified atom stereocenters. The van der Waals surface area contributed by atoms with Crippen LogP contribution in [0.15, 0.2) is 24.3 Å². The van der Waals surface area contributed by atoms with Crippen LogP contribution in [-0.2, 0) is 14.4 Å². The minimum atomic E-state index is -0.706. The number of anilines is 1. The molecule has 5 heteroatoms. The van der Waals surface area contributed by atoms with Gasteiger partial charge in [-0.05, 0) is 24.0 Å². The molecule has 2 amide bonds. The van der Waals surface area contributed by atoms with Gasteiger partial charge in [0.1, 0.15) is 5.78 Å². The molecule has 1 saturated heterocycles. The quantitative estimate of drug-likeness (QED) is 0.748. The van der Waals surface area contributed by atoms with Gasteiger partial charge in [-0.15, -0.1) is 0 Å². The molecular formula is C17H16ClNO3. The van der Waals surface area contributed by atoms with Crippen LogP contribution in [0, 0.1) is 22.7 Å². The molecule has 0 N–H and O–H groups in total. The zero-order valence-electron chi connectivity index (χ0n) is 12.4. The number of rotatable bonds is 1. The summed E-state index contributed by atoms with van der Waals surface area (Å²) in [5.41, 5.74) is -0.686. The van der Waals surface area contributed by atoms with Gasteiger partial charge in [0.25, 0.3) is 0 Å². The first-order valence-corrected chi connectivity index (χ1v) is 7.83. The minimum Gasteiger partial charge on any atom is -0.299 e. The van der Waals surface area contributed by atoms with Crippen LogP contribution in [0.3, 0.4) is 0 Å². The Hall–Kier alpha value is -1.68. The fourth-order valence-corrected chi connectivity index (χ4v) is 5.18. The fourth-order valence-electron chi connectivity index (χ4n) is 4.96. The van der Waals surface area contributed by atoms with Gasteiger partial charge in [0.05, 0.1) is 22.5 Å². The molecule has 1 heterocycles. The number of hydrogen-bond donors (Lipinski definition) is 0. The molecule has 4 nitrogen and oxygen atoms in total. The Morgan fingerprint density at radius 3 is 2.41 bits per heavy atom. The average Bonchev–Trinajstić information content (AvgIpc) is 2.94. The maximum atomic E-state index is 12.9. The largest absolute Gasteiger partial charge is 0.299 e. The number of benzene rings is 1. The molecule has 4 rings (SSSR count). The maximum absolute atomic E-state index is 12.9. The number of imide groups is 1. The highest BCUT2D eigenvalue weighted by Crippen LogP contribution is 2.68. The standard InChI is InChI=1S/C17H16ClNO3/c1-16-7-11(20)17(2,8-16)13-12(16)14(21)19(15(13)22)10-6-4-3-5-9(10)18/h3-6,12-13H,7-8H2,1-2H3/t12-,13+,16+,17+/m0/s1. The third kappa shape index (κ3) is 1.42. The van der Waals surface area contributed by atoms with E-state index in [0.29, 0.717) is 23.6 Å². The Balaban J connectivity index is 1.86. The smallest absolute Gasteiger partial charge is 0.238 e. The second-order valence-electron chi connectivity index (χ2n) is 7.27. The molecule has 2 aliphatic carbocycles. The van der Waals surface area contributed by atoms with Crippen LogP contribution in [0.2, 0.25) is 5.02 Å². The van der Waals surface area contributed by atoms with Crippen molar-refractivity contribution in [1.82, 2.24) is 0 Å². The van der Waals surface area contributed by atoms with E-state index in [1.807, 2.05) is 13.8 Å². The Bertz CT molecular complexity index is 745. The highest BCUT2D eigenvalue weighted by molar-refractivity contribution is 6.36. The van der Waals surface area contributed by atoms with Gasteiger partial charge in [0.15, 0.2) is 0 Å². The van der Waals surface area contributed by atoms with E-state index in [9.17, 15) is 14.4 Å². The van der Waals surface area contributed by atoms with Gasteiger partial charge < -0.3 is 0 Å². The van der Waals surface area contributed by atoms with E-state index in [0.717, 1.165) is 0 Å². The number of carbonyl (C=O) groups is 3. The Morgan fingerprint density at radius 1 is 1.09 bits per heavy atom. The molecule has 1 aromatic carbocycles. The first kappa shape index (κ1) is 13.9. The lowest BCUT2D eigenvalue weighted by molar-refractivity contribution is -0.138. The Kier molecular flexibility index (Phi) is 2.53. The molecule has 1 aromatic rings. The van der Waals surface area contributed by atoms with Crippen molar-refractivity contribution in [1.29, 1.82) is 0 Å². The number of hydrogen-bond acceptors (Lipinski definition) is 3. The molecule has 2 bridgehead atoms. The summed E-state index contributed by atoms with van der Waals surface area (Å²) >= 11 is 6.16. The molecule has 0 spiro atoms. The molecule has 22 heavy (non-hydrogen) atoms. The van der Waals surface area contributed by atoms with Crippen molar-refractivity contribution >= 4 is 34.9 Å². The summed E-state index contributed by atoms with van der Waals surface area (Å²) in [6.45, 7) is 3.80. The van der Waals surface area contributed by atoms with Crippen LogP contribution in [0.25, 0.3) is 0 Å². The number of Topliss-reactive ketones (excluding diaryl/α,β-unsaturated/α-hetero) is 1. The SMILES string of the molecule is C[C@@]12CC(=O)[C@@](C)(C1)[C@H]1C(=O)N(c3ccccc3Cl)C(=O)[C@H]12. The molecule has 2 saturated carbocycles. The van der Waals surface area contributed by atoms with Gasteiger partial charge in [0.2, 0.25) is 11.8 Å². The number of fused-ring (bicyclic) bond motifs is 5. The van der Waals surface area contributed by atoms with Gasteiger partial charge >= 0.3 is 0 Å². The van der Waals surface area contributed by atoms with E-state index in [-0.39, 0.29) is 17.6 Å². The summed E-state index contributed by atoms with van der Waals surface area (Å²) in [6.07, 6.45) is 1.02. The third-order valence-corrected chi connectivity index (χ3v) is 6.13. The summed E-state index contributed by atoms with van der Waals surface area (Å²) in [4.78, 5) is 39.4. The van der Waals surface area contributed by atoms with Crippen LogP contribution >= 0.6 is 11.6 Å². The lowest BCUT2D eigenvalue weighted by atomic mass is 9.68. The second-order valence-corrected chi connectivity index (χ2v) is 7.67. The summed E-state index contributed by atoms with van der Waals surface area (Å²) in [7, 11) is 0. The maximum Gasteiger partial charge on any atom is 0.238 e. The van der Waals surface area contributed by atoms with E-state index in [4.69, 9.17) is 11.6 Å².